The van der Waals surface area contributed by atoms with E-state index in [-0.39, 0.29) is 34.6 Å². The summed E-state index contributed by atoms with van der Waals surface area (Å²) in [6, 6.07) is 4.54. The molecular weight excluding hydrogens is 494 g/mol. The van der Waals surface area contributed by atoms with Gasteiger partial charge in [-0.1, -0.05) is 6.07 Å². The second kappa shape index (κ2) is 8.38. The minimum Gasteiger partial charge on any atom is -0.434 e. The van der Waals surface area contributed by atoms with Crippen LogP contribution in [0.3, 0.4) is 0 Å². The summed E-state index contributed by atoms with van der Waals surface area (Å²) in [4.78, 5) is 14.8. The summed E-state index contributed by atoms with van der Waals surface area (Å²) >= 11 is 0. The van der Waals surface area contributed by atoms with Gasteiger partial charge in [0, 0.05) is 53.3 Å². The highest BCUT2D eigenvalue weighted by Crippen LogP contribution is 2.47. The Hall–Kier alpha value is -3.77. The number of aliphatic hydroxyl groups excluding tert-OH is 1. The summed E-state index contributed by atoms with van der Waals surface area (Å²) in [5.41, 5.74) is 0.973. The first kappa shape index (κ1) is 23.6. The number of anilines is 1. The van der Waals surface area contributed by atoms with E-state index in [1.807, 2.05) is 0 Å². The van der Waals surface area contributed by atoms with Gasteiger partial charge in [-0.2, -0.15) is 8.78 Å². The standard InChI is InChI=1S/C25H21F4N5O3/c1-25(36)10-33(11-25)24-30-7-12(8-31-24)16-9-34-20(6-17(16)27)32-21-18(35)5-15(22(21)34)14-3-2-13(26)4-19(14)37-23(28)29/h2-4,6-9,15,18,23,35-36H,5,10-11H2,1H3/t15-,18-/m0/s1. The summed E-state index contributed by atoms with van der Waals surface area (Å²) in [5.74, 6) is -1.93. The molecule has 0 bridgehead atoms. The maximum absolute atomic E-state index is 15.1. The van der Waals surface area contributed by atoms with Crippen LogP contribution in [-0.2, 0) is 0 Å². The molecule has 2 N–H and O–H groups in total. The van der Waals surface area contributed by atoms with Crippen molar-refractivity contribution in [1.29, 1.82) is 0 Å². The first-order valence-corrected chi connectivity index (χ1v) is 11.5. The van der Waals surface area contributed by atoms with Crippen LogP contribution in [0.25, 0.3) is 16.8 Å². The lowest BCUT2D eigenvalue weighted by atomic mass is 9.95. The fraction of sp³-hybridized carbons (Fsp3) is 0.320. The first-order chi connectivity index (χ1) is 17.6. The number of aromatic nitrogens is 4. The number of ether oxygens (including phenoxy) is 1. The Morgan fingerprint density at radius 3 is 2.54 bits per heavy atom. The third-order valence-corrected chi connectivity index (χ3v) is 6.74. The fourth-order valence-electron chi connectivity index (χ4n) is 5.16. The van der Waals surface area contributed by atoms with Gasteiger partial charge in [-0.05, 0) is 19.4 Å². The number of imidazole rings is 1. The van der Waals surface area contributed by atoms with E-state index in [9.17, 15) is 23.4 Å². The zero-order valence-corrected chi connectivity index (χ0v) is 19.4. The number of aliphatic hydroxyl groups is 2. The molecular formula is C25H21F4N5O3. The SMILES string of the molecule is CC1(O)CN(c2ncc(-c3cn4c5c(nc4cc3F)[C@@H](O)C[C@H]5c3ccc(F)cc3OC(F)F)cn2)C1. The molecule has 1 saturated heterocycles. The molecule has 12 heteroatoms. The molecule has 0 spiro atoms. The monoisotopic (exact) mass is 515 g/mol. The number of β-amino-alcohol motifs (C(OH)–C–C–N with tert-alkyl or cyclic N) is 1. The van der Waals surface area contributed by atoms with Gasteiger partial charge in [0.15, 0.2) is 0 Å². The molecule has 0 unspecified atom stereocenters. The van der Waals surface area contributed by atoms with E-state index in [2.05, 4.69) is 19.7 Å². The van der Waals surface area contributed by atoms with Gasteiger partial charge in [-0.25, -0.2) is 23.7 Å². The minimum atomic E-state index is -3.17. The van der Waals surface area contributed by atoms with Crippen molar-refractivity contribution in [2.75, 3.05) is 18.0 Å². The molecule has 6 rings (SSSR count). The van der Waals surface area contributed by atoms with Crippen molar-refractivity contribution >= 4 is 11.6 Å². The summed E-state index contributed by atoms with van der Waals surface area (Å²) in [6.45, 7) is -0.680. The molecule has 0 amide bonds. The van der Waals surface area contributed by atoms with E-state index in [1.165, 1.54) is 30.7 Å². The lowest BCUT2D eigenvalue weighted by Crippen LogP contribution is -2.60. The van der Waals surface area contributed by atoms with E-state index in [0.717, 1.165) is 12.1 Å². The number of fused-ring (bicyclic) bond motifs is 3. The van der Waals surface area contributed by atoms with E-state index >= 15 is 4.39 Å². The first-order valence-electron chi connectivity index (χ1n) is 11.5. The summed E-state index contributed by atoms with van der Waals surface area (Å²) in [7, 11) is 0. The molecule has 4 heterocycles. The lowest BCUT2D eigenvalue weighted by Gasteiger charge is -2.44. The molecule has 0 saturated carbocycles. The maximum Gasteiger partial charge on any atom is 0.387 e. The van der Waals surface area contributed by atoms with Crippen LogP contribution in [0.15, 0.2) is 42.9 Å². The van der Waals surface area contributed by atoms with Crippen molar-refractivity contribution in [2.24, 2.45) is 0 Å². The van der Waals surface area contributed by atoms with Crippen LogP contribution in [0, 0.1) is 11.6 Å². The topological polar surface area (TPSA) is 96.0 Å². The number of hydrogen-bond acceptors (Lipinski definition) is 7. The van der Waals surface area contributed by atoms with Crippen molar-refractivity contribution in [1.82, 2.24) is 19.4 Å². The third kappa shape index (κ3) is 4.05. The van der Waals surface area contributed by atoms with Crippen LogP contribution < -0.4 is 9.64 Å². The fourth-order valence-corrected chi connectivity index (χ4v) is 5.16. The quantitative estimate of drug-likeness (QED) is 0.391. The predicted octanol–water partition coefficient (Wildman–Crippen LogP) is 3.81. The Morgan fingerprint density at radius 2 is 1.86 bits per heavy atom. The van der Waals surface area contributed by atoms with Crippen LogP contribution in [0.2, 0.25) is 0 Å². The van der Waals surface area contributed by atoms with Crippen molar-refractivity contribution < 1.29 is 32.5 Å². The highest BCUT2D eigenvalue weighted by molar-refractivity contribution is 5.66. The van der Waals surface area contributed by atoms with E-state index in [4.69, 9.17) is 0 Å². The third-order valence-electron chi connectivity index (χ3n) is 6.74. The van der Waals surface area contributed by atoms with Crippen LogP contribution in [0.5, 0.6) is 5.75 Å². The molecule has 1 aromatic carbocycles. The molecule has 4 aromatic rings. The van der Waals surface area contributed by atoms with Crippen LogP contribution in [0.1, 0.15) is 42.3 Å². The highest BCUT2D eigenvalue weighted by Gasteiger charge is 2.39. The molecule has 3 aromatic heterocycles. The number of halogens is 4. The molecule has 8 nitrogen and oxygen atoms in total. The Bertz CT molecular complexity index is 1500. The number of pyridine rings is 1. The van der Waals surface area contributed by atoms with Gasteiger partial charge in [0.2, 0.25) is 5.95 Å². The Balaban J connectivity index is 1.41. The van der Waals surface area contributed by atoms with Crippen molar-refractivity contribution in [3.8, 4) is 16.9 Å². The van der Waals surface area contributed by atoms with E-state index in [0.29, 0.717) is 30.3 Å². The number of benzene rings is 1. The van der Waals surface area contributed by atoms with Crippen molar-refractivity contribution in [3.63, 3.8) is 0 Å². The number of rotatable bonds is 5. The highest BCUT2D eigenvalue weighted by atomic mass is 19.3. The molecule has 0 radical (unpaired) electrons. The average Bonchev–Trinajstić information content (AvgIpc) is 3.33. The van der Waals surface area contributed by atoms with E-state index < -0.39 is 35.9 Å². The summed E-state index contributed by atoms with van der Waals surface area (Å²) in [5, 5.41) is 20.6. The molecule has 37 heavy (non-hydrogen) atoms. The van der Waals surface area contributed by atoms with Gasteiger partial charge < -0.3 is 24.3 Å². The zero-order valence-electron chi connectivity index (χ0n) is 19.4. The Kier molecular flexibility index (Phi) is 5.35. The molecule has 2 aliphatic rings. The molecule has 2 atom stereocenters. The van der Waals surface area contributed by atoms with Gasteiger partial charge >= 0.3 is 6.61 Å². The summed E-state index contributed by atoms with van der Waals surface area (Å²) in [6.07, 6.45) is 3.50. The molecule has 1 aliphatic carbocycles. The second-order valence-electron chi connectivity index (χ2n) is 9.64. The lowest BCUT2D eigenvalue weighted by molar-refractivity contribution is -0.0507. The number of alkyl halides is 2. The average molecular weight is 515 g/mol. The number of hydrogen-bond donors (Lipinski definition) is 2. The van der Waals surface area contributed by atoms with Crippen molar-refractivity contribution in [3.05, 3.63) is 71.4 Å². The van der Waals surface area contributed by atoms with Gasteiger partial charge in [0.1, 0.15) is 23.0 Å². The normalized spacial score (nSPS) is 20.4. The predicted molar refractivity (Wildman–Crippen MR) is 123 cm³/mol. The largest absolute Gasteiger partial charge is 0.434 e. The smallest absolute Gasteiger partial charge is 0.387 e. The molecule has 192 valence electrons. The van der Waals surface area contributed by atoms with Crippen LogP contribution in [-0.4, -0.2) is 54.9 Å². The van der Waals surface area contributed by atoms with E-state index in [1.54, 1.807) is 16.2 Å². The van der Waals surface area contributed by atoms with Gasteiger partial charge in [0.05, 0.1) is 36.2 Å². The van der Waals surface area contributed by atoms with Gasteiger partial charge in [0.25, 0.3) is 0 Å². The Labute approximate surface area is 207 Å². The molecule has 1 fully saturated rings. The minimum absolute atomic E-state index is 0.107. The van der Waals surface area contributed by atoms with Gasteiger partial charge in [-0.3, -0.25) is 0 Å². The van der Waals surface area contributed by atoms with Crippen molar-refractivity contribution in [2.45, 2.75) is 37.6 Å². The Morgan fingerprint density at radius 1 is 1.14 bits per heavy atom. The van der Waals surface area contributed by atoms with Crippen LogP contribution in [0.4, 0.5) is 23.5 Å². The summed E-state index contributed by atoms with van der Waals surface area (Å²) < 4.78 is 61.2. The maximum atomic E-state index is 15.1. The van der Waals surface area contributed by atoms with Crippen LogP contribution >= 0.6 is 0 Å². The zero-order chi connectivity index (χ0) is 26.1. The van der Waals surface area contributed by atoms with Gasteiger partial charge in [-0.15, -0.1) is 0 Å². The second-order valence-corrected chi connectivity index (χ2v) is 9.64. The number of nitrogens with zero attached hydrogens (tertiary/aromatic N) is 5. The molecule has 1 aliphatic heterocycles.